The van der Waals surface area contributed by atoms with Crippen molar-refractivity contribution in [2.45, 2.75) is 44.9 Å². The van der Waals surface area contributed by atoms with Crippen LogP contribution in [0, 0.1) is 12.7 Å². The largest absolute Gasteiger partial charge is 0.289 e. The fraction of sp³-hybridized carbons (Fsp3) is 0.304. The van der Waals surface area contributed by atoms with Crippen LogP contribution in [0.15, 0.2) is 48.7 Å². The minimum atomic E-state index is -0.889. The molecular weight excluding hydrogens is 369 g/mol. The third-order valence-corrected chi connectivity index (χ3v) is 6.14. The third kappa shape index (κ3) is 3.13. The predicted molar refractivity (Wildman–Crippen MR) is 108 cm³/mol. The molecule has 0 spiro atoms. The van der Waals surface area contributed by atoms with Gasteiger partial charge in [0.05, 0.1) is 11.1 Å². The molecule has 1 heterocycles. The average molecular weight is 393 g/mol. The van der Waals surface area contributed by atoms with Crippen molar-refractivity contribution >= 4 is 5.91 Å². The van der Waals surface area contributed by atoms with Gasteiger partial charge in [0, 0.05) is 6.20 Å². The summed E-state index contributed by atoms with van der Waals surface area (Å²) in [5.74, 6) is -0.767. The molecule has 1 amide bonds. The number of carbonyl (C=O) groups is 1. The summed E-state index contributed by atoms with van der Waals surface area (Å²) in [6.07, 6.45) is 4.16. The van der Waals surface area contributed by atoms with E-state index in [1.54, 1.807) is 29.1 Å². The summed E-state index contributed by atoms with van der Waals surface area (Å²) in [6, 6.07) is 12.5. The molecule has 0 aliphatic heterocycles. The lowest BCUT2D eigenvalue weighted by atomic mass is 9.66. The van der Waals surface area contributed by atoms with Crippen molar-refractivity contribution in [2.75, 3.05) is 0 Å². The van der Waals surface area contributed by atoms with E-state index in [1.165, 1.54) is 11.6 Å². The fourth-order valence-electron chi connectivity index (χ4n) is 4.55. The number of aryl methyl sites for hydroxylation is 2. The van der Waals surface area contributed by atoms with Crippen LogP contribution in [-0.2, 0) is 29.5 Å². The van der Waals surface area contributed by atoms with E-state index in [1.807, 2.05) is 24.5 Å². The van der Waals surface area contributed by atoms with E-state index >= 15 is 0 Å². The zero-order valence-electron chi connectivity index (χ0n) is 16.6. The van der Waals surface area contributed by atoms with Gasteiger partial charge in [0.15, 0.2) is 0 Å². The van der Waals surface area contributed by atoms with Gasteiger partial charge in [-0.1, -0.05) is 37.3 Å². The number of nitrogens with one attached hydrogen (secondary N) is 1. The van der Waals surface area contributed by atoms with E-state index in [9.17, 15) is 14.4 Å². The standard InChI is InChI=1S/C23H24FN3O2/c1-3-16-7-6-8-18(15(16)2)23(22(28)26-29)12-11-20-17(13-23)14-27(25-20)21-10-5-4-9-19(21)24/h4-10,14,29H,3,11-13H2,1-2H3,(H,26,28). The SMILES string of the molecule is CCc1cccc(C2(C(=O)NO)CCc3nn(-c4ccccc4F)cc3C2)c1C. The number of para-hydroxylation sites is 1. The van der Waals surface area contributed by atoms with Crippen molar-refractivity contribution in [1.82, 2.24) is 15.3 Å². The van der Waals surface area contributed by atoms with Crippen LogP contribution < -0.4 is 5.48 Å². The Morgan fingerprint density at radius 1 is 1.28 bits per heavy atom. The molecule has 1 aromatic heterocycles. The Hall–Kier alpha value is -2.99. The van der Waals surface area contributed by atoms with Crippen LogP contribution >= 0.6 is 0 Å². The maximum atomic E-state index is 14.2. The first-order valence-electron chi connectivity index (χ1n) is 9.86. The Morgan fingerprint density at radius 2 is 2.07 bits per heavy atom. The second-order valence-electron chi connectivity index (χ2n) is 7.64. The molecule has 1 atom stereocenters. The molecule has 0 saturated carbocycles. The molecule has 0 saturated heterocycles. The Morgan fingerprint density at radius 3 is 2.79 bits per heavy atom. The van der Waals surface area contributed by atoms with E-state index in [-0.39, 0.29) is 5.82 Å². The van der Waals surface area contributed by atoms with Crippen LogP contribution in [0.2, 0.25) is 0 Å². The van der Waals surface area contributed by atoms with Crippen molar-refractivity contribution in [2.24, 2.45) is 0 Å². The Labute approximate surface area is 169 Å². The van der Waals surface area contributed by atoms with Gasteiger partial charge in [-0.05, 0) is 67.0 Å². The van der Waals surface area contributed by atoms with Crippen molar-refractivity contribution in [1.29, 1.82) is 0 Å². The summed E-state index contributed by atoms with van der Waals surface area (Å²) < 4.78 is 15.8. The molecule has 0 fully saturated rings. The third-order valence-electron chi connectivity index (χ3n) is 6.14. The zero-order chi connectivity index (χ0) is 20.6. The van der Waals surface area contributed by atoms with Crippen molar-refractivity contribution in [3.8, 4) is 5.69 Å². The highest BCUT2D eigenvalue weighted by molar-refractivity contribution is 5.88. The van der Waals surface area contributed by atoms with Gasteiger partial charge in [-0.15, -0.1) is 0 Å². The topological polar surface area (TPSA) is 67.2 Å². The van der Waals surface area contributed by atoms with E-state index in [0.717, 1.165) is 28.8 Å². The first-order valence-corrected chi connectivity index (χ1v) is 9.86. The normalized spacial score (nSPS) is 18.3. The Bertz CT molecular complexity index is 1080. The maximum Gasteiger partial charge on any atom is 0.254 e. The van der Waals surface area contributed by atoms with Crippen molar-refractivity contribution in [3.63, 3.8) is 0 Å². The fourth-order valence-corrected chi connectivity index (χ4v) is 4.55. The molecule has 2 N–H and O–H groups in total. The second kappa shape index (κ2) is 7.44. The smallest absolute Gasteiger partial charge is 0.254 e. The van der Waals surface area contributed by atoms with Gasteiger partial charge in [-0.2, -0.15) is 5.10 Å². The molecule has 5 nitrogen and oxygen atoms in total. The highest BCUT2D eigenvalue weighted by Crippen LogP contribution is 2.41. The second-order valence-corrected chi connectivity index (χ2v) is 7.64. The number of benzene rings is 2. The zero-order valence-corrected chi connectivity index (χ0v) is 16.6. The van der Waals surface area contributed by atoms with Crippen molar-refractivity contribution < 1.29 is 14.4 Å². The first-order chi connectivity index (χ1) is 14.0. The molecule has 0 bridgehead atoms. The molecule has 29 heavy (non-hydrogen) atoms. The lowest BCUT2D eigenvalue weighted by Crippen LogP contribution is -2.47. The summed E-state index contributed by atoms with van der Waals surface area (Å²) in [5.41, 5.74) is 6.31. The van der Waals surface area contributed by atoms with Crippen LogP contribution in [0.5, 0.6) is 0 Å². The highest BCUT2D eigenvalue weighted by Gasteiger charge is 2.45. The lowest BCUT2D eigenvalue weighted by molar-refractivity contribution is -0.135. The van der Waals surface area contributed by atoms with Gasteiger partial charge in [-0.25, -0.2) is 14.6 Å². The van der Waals surface area contributed by atoms with E-state index in [2.05, 4.69) is 18.1 Å². The van der Waals surface area contributed by atoms with Gasteiger partial charge >= 0.3 is 0 Å². The number of aromatic nitrogens is 2. The molecule has 1 unspecified atom stereocenters. The monoisotopic (exact) mass is 393 g/mol. The molecular formula is C23H24FN3O2. The number of hydroxylamine groups is 1. The van der Waals surface area contributed by atoms with Gasteiger partial charge in [-0.3, -0.25) is 10.0 Å². The van der Waals surface area contributed by atoms with Crippen LogP contribution in [0.1, 0.15) is 41.3 Å². The van der Waals surface area contributed by atoms with Crippen LogP contribution in [0.25, 0.3) is 5.69 Å². The average Bonchev–Trinajstić information content (AvgIpc) is 3.16. The molecule has 2 aromatic carbocycles. The van der Waals surface area contributed by atoms with Crippen LogP contribution in [-0.4, -0.2) is 20.9 Å². The maximum absolute atomic E-state index is 14.2. The first kappa shape index (κ1) is 19.3. The summed E-state index contributed by atoms with van der Waals surface area (Å²) in [4.78, 5) is 12.9. The van der Waals surface area contributed by atoms with Gasteiger partial charge in [0.2, 0.25) is 0 Å². The Kier molecular flexibility index (Phi) is 4.96. The quantitative estimate of drug-likeness (QED) is 0.523. The van der Waals surface area contributed by atoms with E-state index in [4.69, 9.17) is 0 Å². The summed E-state index contributed by atoms with van der Waals surface area (Å²) in [7, 11) is 0. The van der Waals surface area contributed by atoms with E-state index < -0.39 is 11.3 Å². The summed E-state index contributed by atoms with van der Waals surface area (Å²) >= 11 is 0. The molecule has 1 aliphatic carbocycles. The number of fused-ring (bicyclic) bond motifs is 1. The van der Waals surface area contributed by atoms with Crippen LogP contribution in [0.4, 0.5) is 4.39 Å². The number of halogens is 1. The summed E-state index contributed by atoms with van der Waals surface area (Å²) in [5, 5.41) is 14.1. The number of hydrogen-bond acceptors (Lipinski definition) is 3. The van der Waals surface area contributed by atoms with E-state index in [0.29, 0.717) is 24.9 Å². The number of carbonyl (C=O) groups excluding carboxylic acids is 1. The number of rotatable bonds is 4. The Balaban J connectivity index is 1.81. The highest BCUT2D eigenvalue weighted by atomic mass is 19.1. The molecule has 150 valence electrons. The molecule has 1 aliphatic rings. The lowest BCUT2D eigenvalue weighted by Gasteiger charge is -2.36. The van der Waals surface area contributed by atoms with Crippen LogP contribution in [0.3, 0.4) is 0 Å². The van der Waals surface area contributed by atoms with Crippen molar-refractivity contribution in [3.05, 3.63) is 82.4 Å². The number of nitrogens with zero attached hydrogens (tertiary/aromatic N) is 2. The van der Waals surface area contributed by atoms with Gasteiger partial charge in [0.1, 0.15) is 11.5 Å². The molecule has 4 rings (SSSR count). The molecule has 0 radical (unpaired) electrons. The summed E-state index contributed by atoms with van der Waals surface area (Å²) in [6.45, 7) is 4.11. The van der Waals surface area contributed by atoms with Gasteiger partial charge in [0.25, 0.3) is 5.91 Å². The molecule has 6 heteroatoms. The predicted octanol–water partition coefficient (Wildman–Crippen LogP) is 3.81. The number of amides is 1. The minimum Gasteiger partial charge on any atom is -0.289 e. The minimum absolute atomic E-state index is 0.349. The number of hydrogen-bond donors (Lipinski definition) is 2. The molecule has 3 aromatic rings. The van der Waals surface area contributed by atoms with Gasteiger partial charge < -0.3 is 0 Å².